The van der Waals surface area contributed by atoms with Crippen LogP contribution in [0.5, 0.6) is 0 Å². The molecule has 0 spiro atoms. The number of hydrogen-bond acceptors (Lipinski definition) is 4. The summed E-state index contributed by atoms with van der Waals surface area (Å²) < 4.78 is 29.8. The summed E-state index contributed by atoms with van der Waals surface area (Å²) in [5, 5.41) is 0. The second-order valence-corrected chi connectivity index (χ2v) is 6.97. The Morgan fingerprint density at radius 3 is 2.44 bits per heavy atom. The van der Waals surface area contributed by atoms with Crippen molar-refractivity contribution in [3.05, 3.63) is 29.8 Å². The summed E-state index contributed by atoms with van der Waals surface area (Å²) in [5.74, 6) is 0.910. The van der Waals surface area contributed by atoms with Crippen LogP contribution in [0.2, 0.25) is 0 Å². The first-order valence-corrected chi connectivity index (χ1v) is 8.49. The van der Waals surface area contributed by atoms with Gasteiger partial charge in [0.15, 0.2) is 0 Å². The van der Waals surface area contributed by atoms with Crippen molar-refractivity contribution in [1.29, 1.82) is 0 Å². The number of ether oxygens (including phenoxy) is 1. The maximum atomic E-state index is 11.1. The van der Waals surface area contributed by atoms with Crippen molar-refractivity contribution in [1.82, 2.24) is 4.72 Å². The summed E-state index contributed by atoms with van der Waals surface area (Å²) in [5.41, 5.74) is 0.955. The van der Waals surface area contributed by atoms with Crippen molar-refractivity contribution in [3.63, 3.8) is 0 Å². The Balaban J connectivity index is 2.59. The normalized spacial score (nSPS) is 13.5. The van der Waals surface area contributed by atoms with Crippen LogP contribution in [0.3, 0.4) is 0 Å². The number of nitrogens with one attached hydrogen (secondary N) is 1. The molecule has 4 nitrogen and oxygen atoms in total. The van der Waals surface area contributed by atoms with Crippen LogP contribution in [0.1, 0.15) is 18.5 Å². The molecule has 0 saturated carbocycles. The molecule has 0 aromatic heterocycles. The Labute approximate surface area is 113 Å². The van der Waals surface area contributed by atoms with E-state index in [4.69, 9.17) is 4.74 Å². The topological polar surface area (TPSA) is 55.4 Å². The second kappa shape index (κ2) is 7.13. The SMILES string of the molecule is COCCSc1ccc([C@@H](C)NS(C)(=O)=O)cc1. The summed E-state index contributed by atoms with van der Waals surface area (Å²) >= 11 is 1.71. The molecule has 0 radical (unpaired) electrons. The summed E-state index contributed by atoms with van der Waals surface area (Å²) in [6.45, 7) is 2.55. The minimum Gasteiger partial charge on any atom is -0.384 e. The van der Waals surface area contributed by atoms with Gasteiger partial charge in [-0.05, 0) is 24.6 Å². The van der Waals surface area contributed by atoms with E-state index < -0.39 is 10.0 Å². The van der Waals surface area contributed by atoms with E-state index in [0.717, 1.165) is 22.8 Å². The Kier molecular flexibility index (Phi) is 6.14. The van der Waals surface area contributed by atoms with E-state index in [2.05, 4.69) is 4.72 Å². The molecule has 1 aromatic carbocycles. The van der Waals surface area contributed by atoms with Crippen molar-refractivity contribution in [2.24, 2.45) is 0 Å². The van der Waals surface area contributed by atoms with Crippen molar-refractivity contribution in [3.8, 4) is 0 Å². The van der Waals surface area contributed by atoms with Crippen molar-refractivity contribution < 1.29 is 13.2 Å². The van der Waals surface area contributed by atoms with Crippen molar-refractivity contribution >= 4 is 21.8 Å². The summed E-state index contributed by atoms with van der Waals surface area (Å²) in [7, 11) is -1.49. The lowest BCUT2D eigenvalue weighted by molar-refractivity contribution is 0.218. The average molecular weight is 289 g/mol. The largest absolute Gasteiger partial charge is 0.384 e. The van der Waals surface area contributed by atoms with Gasteiger partial charge in [-0.1, -0.05) is 12.1 Å². The zero-order chi connectivity index (χ0) is 13.6. The van der Waals surface area contributed by atoms with E-state index in [1.807, 2.05) is 31.2 Å². The third kappa shape index (κ3) is 5.86. The standard InChI is InChI=1S/C12H19NO3S2/c1-10(13-18(3,14)15)11-4-6-12(7-5-11)17-9-8-16-2/h4-7,10,13H,8-9H2,1-3H3/t10-/m1/s1. The third-order valence-corrected chi connectivity index (χ3v) is 4.09. The minimum absolute atomic E-state index is 0.210. The number of benzene rings is 1. The van der Waals surface area contributed by atoms with E-state index >= 15 is 0 Å². The number of methoxy groups -OCH3 is 1. The summed E-state index contributed by atoms with van der Waals surface area (Å²) in [6.07, 6.45) is 1.17. The van der Waals surface area contributed by atoms with Crippen LogP contribution in [0, 0.1) is 0 Å². The molecule has 0 saturated heterocycles. The molecule has 0 fully saturated rings. The van der Waals surface area contributed by atoms with Crippen LogP contribution in [0.4, 0.5) is 0 Å². The maximum absolute atomic E-state index is 11.1. The van der Waals surface area contributed by atoms with Gasteiger partial charge in [0.25, 0.3) is 0 Å². The molecule has 0 aliphatic rings. The second-order valence-electron chi connectivity index (χ2n) is 4.02. The molecular formula is C12H19NO3S2. The molecule has 18 heavy (non-hydrogen) atoms. The molecule has 0 amide bonds. The molecule has 1 rings (SSSR count). The van der Waals surface area contributed by atoms with Gasteiger partial charge < -0.3 is 4.74 Å². The predicted molar refractivity (Wildman–Crippen MR) is 75.4 cm³/mol. The fourth-order valence-electron chi connectivity index (χ4n) is 1.48. The molecule has 0 heterocycles. The van der Waals surface area contributed by atoms with Crippen LogP contribution >= 0.6 is 11.8 Å². The molecule has 0 unspecified atom stereocenters. The van der Waals surface area contributed by atoms with Crippen LogP contribution in [0.25, 0.3) is 0 Å². The van der Waals surface area contributed by atoms with E-state index in [1.165, 1.54) is 6.26 Å². The van der Waals surface area contributed by atoms with E-state index in [9.17, 15) is 8.42 Å². The lowest BCUT2D eigenvalue weighted by Crippen LogP contribution is -2.25. The van der Waals surface area contributed by atoms with Crippen LogP contribution in [0.15, 0.2) is 29.2 Å². The highest BCUT2D eigenvalue weighted by molar-refractivity contribution is 7.99. The quantitative estimate of drug-likeness (QED) is 0.616. The first-order valence-electron chi connectivity index (χ1n) is 5.61. The average Bonchev–Trinajstić information content (AvgIpc) is 2.28. The lowest BCUT2D eigenvalue weighted by Gasteiger charge is -2.13. The zero-order valence-electron chi connectivity index (χ0n) is 10.8. The predicted octanol–water partition coefficient (Wildman–Crippen LogP) is 2.04. The molecule has 6 heteroatoms. The summed E-state index contributed by atoms with van der Waals surface area (Å²) in [4.78, 5) is 1.15. The van der Waals surface area contributed by atoms with Gasteiger partial charge in [-0.2, -0.15) is 0 Å². The van der Waals surface area contributed by atoms with Gasteiger partial charge in [-0.25, -0.2) is 13.1 Å². The number of sulfonamides is 1. The van der Waals surface area contributed by atoms with Crippen molar-refractivity contribution in [2.75, 3.05) is 25.7 Å². The smallest absolute Gasteiger partial charge is 0.209 e. The van der Waals surface area contributed by atoms with Gasteiger partial charge in [0.2, 0.25) is 10.0 Å². The highest BCUT2D eigenvalue weighted by Gasteiger charge is 2.10. The van der Waals surface area contributed by atoms with Crippen molar-refractivity contribution in [2.45, 2.75) is 17.9 Å². The molecule has 1 atom stereocenters. The van der Waals surface area contributed by atoms with E-state index in [-0.39, 0.29) is 6.04 Å². The van der Waals surface area contributed by atoms with Gasteiger partial charge in [0, 0.05) is 23.8 Å². The molecule has 0 aliphatic carbocycles. The van der Waals surface area contributed by atoms with Gasteiger partial charge in [-0.15, -0.1) is 11.8 Å². The van der Waals surface area contributed by atoms with E-state index in [1.54, 1.807) is 18.9 Å². The van der Waals surface area contributed by atoms with Crippen LogP contribution < -0.4 is 4.72 Å². The Bertz CT molecular complexity index is 457. The lowest BCUT2D eigenvalue weighted by atomic mass is 10.1. The first-order chi connectivity index (χ1) is 8.42. The van der Waals surface area contributed by atoms with Gasteiger partial charge in [-0.3, -0.25) is 0 Å². The van der Waals surface area contributed by atoms with Crippen LogP contribution in [-0.4, -0.2) is 34.1 Å². The Morgan fingerprint density at radius 2 is 1.94 bits per heavy atom. The number of rotatable bonds is 7. The van der Waals surface area contributed by atoms with Gasteiger partial charge in [0.05, 0.1) is 12.9 Å². The first kappa shape index (κ1) is 15.5. The molecule has 1 aromatic rings. The molecular weight excluding hydrogens is 270 g/mol. The van der Waals surface area contributed by atoms with Gasteiger partial charge >= 0.3 is 0 Å². The summed E-state index contributed by atoms with van der Waals surface area (Å²) in [6, 6.07) is 7.67. The molecule has 0 bridgehead atoms. The monoisotopic (exact) mass is 289 g/mol. The zero-order valence-corrected chi connectivity index (χ0v) is 12.5. The third-order valence-electron chi connectivity index (χ3n) is 2.33. The minimum atomic E-state index is -3.17. The number of hydrogen-bond donors (Lipinski definition) is 1. The van der Waals surface area contributed by atoms with Crippen LogP contribution in [-0.2, 0) is 14.8 Å². The fraction of sp³-hybridized carbons (Fsp3) is 0.500. The molecule has 0 aliphatic heterocycles. The fourth-order valence-corrected chi connectivity index (χ4v) is 3.08. The van der Waals surface area contributed by atoms with E-state index in [0.29, 0.717) is 0 Å². The maximum Gasteiger partial charge on any atom is 0.209 e. The van der Waals surface area contributed by atoms with Gasteiger partial charge in [0.1, 0.15) is 0 Å². The molecule has 1 N–H and O–H groups in total. The Morgan fingerprint density at radius 1 is 1.33 bits per heavy atom. The molecule has 102 valence electrons. The highest BCUT2D eigenvalue weighted by Crippen LogP contribution is 2.21. The highest BCUT2D eigenvalue weighted by atomic mass is 32.2. The number of thioether (sulfide) groups is 1. The Hall–Kier alpha value is -0.560.